The average Bonchev–Trinajstić information content (AvgIpc) is 3.29. The highest BCUT2D eigenvalue weighted by Crippen LogP contribution is 2.45. The zero-order valence-corrected chi connectivity index (χ0v) is 19.8. The Labute approximate surface area is 198 Å². The lowest BCUT2D eigenvalue weighted by atomic mass is 9.75. The molecule has 1 unspecified atom stereocenters. The number of aryl methyl sites for hydroxylation is 3. The minimum atomic E-state index is -2.80. The van der Waals surface area contributed by atoms with E-state index in [0.29, 0.717) is 11.1 Å². The van der Waals surface area contributed by atoms with Crippen LogP contribution in [0.3, 0.4) is 0 Å². The van der Waals surface area contributed by atoms with Crippen LogP contribution in [0.15, 0.2) is 54.9 Å². The molecule has 4 rings (SSSR count). The van der Waals surface area contributed by atoms with E-state index in [0.717, 1.165) is 28.8 Å². The number of rotatable bonds is 6. The molecule has 0 spiro atoms. The zero-order valence-electron chi connectivity index (χ0n) is 19.8. The third-order valence-corrected chi connectivity index (χ3v) is 6.88. The largest absolute Gasteiger partial charge is 0.387 e. The molecule has 1 fully saturated rings. The molecule has 1 aromatic heterocycles. The number of nitrogens with one attached hydrogen (secondary N) is 1. The summed E-state index contributed by atoms with van der Waals surface area (Å²) < 4.78 is 29.7. The van der Waals surface area contributed by atoms with Crippen molar-refractivity contribution in [2.45, 2.75) is 70.6 Å². The normalized spacial score (nSPS) is 17.8. The number of carbonyl (C=O) groups excluding carboxylic acids is 1. The van der Waals surface area contributed by atoms with Gasteiger partial charge in [-0.05, 0) is 61.9 Å². The van der Waals surface area contributed by atoms with E-state index in [1.165, 1.54) is 0 Å². The molecule has 5 nitrogen and oxygen atoms in total. The van der Waals surface area contributed by atoms with Crippen molar-refractivity contribution in [2.75, 3.05) is 0 Å². The van der Waals surface area contributed by atoms with Crippen LogP contribution < -0.4 is 5.32 Å². The van der Waals surface area contributed by atoms with Crippen LogP contribution in [0.4, 0.5) is 8.78 Å². The average molecular weight is 468 g/mol. The Morgan fingerprint density at radius 2 is 1.74 bits per heavy atom. The standard InChI is InChI=1S/C27H31F2N3O2/c1-4-32-17-22(16-30-32)20-9-6-10-21(15-20)24(26(34)11-13-27(28,29)14-12-26)31-25(33)23-18(2)7-5-8-19(23)3/h5-10,15-17,24,34H,4,11-14H2,1-3H3,(H,31,33). The lowest BCUT2D eigenvalue weighted by Crippen LogP contribution is -2.50. The Hall–Kier alpha value is -3.06. The van der Waals surface area contributed by atoms with Crippen molar-refractivity contribution in [3.63, 3.8) is 0 Å². The van der Waals surface area contributed by atoms with Gasteiger partial charge in [-0.3, -0.25) is 9.48 Å². The topological polar surface area (TPSA) is 67.2 Å². The van der Waals surface area contributed by atoms with Gasteiger partial charge < -0.3 is 10.4 Å². The lowest BCUT2D eigenvalue weighted by Gasteiger charge is -2.42. The Balaban J connectivity index is 1.73. The molecule has 1 aliphatic rings. The number of halogens is 2. The Bertz CT molecular complexity index is 1160. The van der Waals surface area contributed by atoms with Gasteiger partial charge in [-0.2, -0.15) is 5.10 Å². The predicted molar refractivity (Wildman–Crippen MR) is 128 cm³/mol. The maximum atomic E-state index is 14.0. The van der Waals surface area contributed by atoms with Crippen LogP contribution in [-0.4, -0.2) is 32.3 Å². The molecule has 1 saturated carbocycles. The first-order chi connectivity index (χ1) is 16.1. The monoisotopic (exact) mass is 467 g/mol. The number of hydrogen-bond donors (Lipinski definition) is 2. The minimum absolute atomic E-state index is 0.101. The van der Waals surface area contributed by atoms with E-state index in [9.17, 15) is 18.7 Å². The molecule has 0 bridgehead atoms. The summed E-state index contributed by atoms with van der Waals surface area (Å²) >= 11 is 0. The lowest BCUT2D eigenvalue weighted by molar-refractivity contribution is -0.116. The summed E-state index contributed by atoms with van der Waals surface area (Å²) in [7, 11) is 0. The number of aliphatic hydroxyl groups is 1. The van der Waals surface area contributed by atoms with Crippen molar-refractivity contribution in [1.29, 1.82) is 0 Å². The van der Waals surface area contributed by atoms with E-state index in [1.807, 2.05) is 74.1 Å². The van der Waals surface area contributed by atoms with Gasteiger partial charge in [0.25, 0.3) is 5.91 Å². The van der Waals surface area contributed by atoms with Crippen LogP contribution in [-0.2, 0) is 6.54 Å². The van der Waals surface area contributed by atoms with Crippen molar-refractivity contribution < 1.29 is 18.7 Å². The number of amides is 1. The van der Waals surface area contributed by atoms with Gasteiger partial charge in [0.15, 0.2) is 0 Å². The maximum Gasteiger partial charge on any atom is 0.252 e. The van der Waals surface area contributed by atoms with Crippen LogP contribution >= 0.6 is 0 Å². The number of aromatic nitrogens is 2. The van der Waals surface area contributed by atoms with Crippen LogP contribution in [0.2, 0.25) is 0 Å². The van der Waals surface area contributed by atoms with Gasteiger partial charge in [-0.1, -0.05) is 36.4 Å². The third kappa shape index (κ3) is 4.89. The first-order valence-corrected chi connectivity index (χ1v) is 11.7. The third-order valence-electron chi connectivity index (χ3n) is 6.88. The number of benzene rings is 2. The molecule has 0 saturated heterocycles. The van der Waals surface area contributed by atoms with Gasteiger partial charge in [-0.15, -0.1) is 0 Å². The molecule has 1 heterocycles. The molecular formula is C27H31F2N3O2. The molecule has 3 aromatic rings. The summed E-state index contributed by atoms with van der Waals surface area (Å²) in [4.78, 5) is 13.4. The maximum absolute atomic E-state index is 14.0. The highest BCUT2D eigenvalue weighted by molar-refractivity contribution is 5.97. The van der Waals surface area contributed by atoms with Gasteiger partial charge in [0, 0.05) is 36.7 Å². The van der Waals surface area contributed by atoms with Crippen LogP contribution in [0.25, 0.3) is 11.1 Å². The SMILES string of the molecule is CCn1cc(-c2cccc(C(NC(=O)c3c(C)cccc3C)C3(O)CCC(F)(F)CC3)c2)cn1. The van der Waals surface area contributed by atoms with Crippen molar-refractivity contribution >= 4 is 5.91 Å². The number of hydrogen-bond acceptors (Lipinski definition) is 3. The zero-order chi connectivity index (χ0) is 24.5. The van der Waals surface area contributed by atoms with Gasteiger partial charge >= 0.3 is 0 Å². The molecule has 1 amide bonds. The second-order valence-electron chi connectivity index (χ2n) is 9.34. The van der Waals surface area contributed by atoms with E-state index < -0.39 is 30.4 Å². The number of nitrogens with zero attached hydrogens (tertiary/aromatic N) is 2. The van der Waals surface area contributed by atoms with E-state index >= 15 is 0 Å². The molecule has 0 radical (unpaired) electrons. The van der Waals surface area contributed by atoms with Gasteiger partial charge in [0.1, 0.15) is 0 Å². The highest BCUT2D eigenvalue weighted by Gasteiger charge is 2.47. The second kappa shape index (κ2) is 9.29. The molecule has 34 heavy (non-hydrogen) atoms. The van der Waals surface area contributed by atoms with E-state index in [1.54, 1.807) is 6.20 Å². The molecule has 2 N–H and O–H groups in total. The summed E-state index contributed by atoms with van der Waals surface area (Å²) in [5.74, 6) is -3.13. The summed E-state index contributed by atoms with van der Waals surface area (Å²) in [5.41, 5.74) is 3.16. The summed E-state index contributed by atoms with van der Waals surface area (Å²) in [5, 5.41) is 18.9. The van der Waals surface area contributed by atoms with Crippen molar-refractivity contribution in [3.05, 3.63) is 77.1 Å². The minimum Gasteiger partial charge on any atom is -0.387 e. The Morgan fingerprint density at radius 1 is 1.09 bits per heavy atom. The summed E-state index contributed by atoms with van der Waals surface area (Å²) in [6.07, 6.45) is 2.66. The van der Waals surface area contributed by atoms with Crippen molar-refractivity contribution in [1.82, 2.24) is 15.1 Å². The smallest absolute Gasteiger partial charge is 0.252 e. The van der Waals surface area contributed by atoms with Crippen LogP contribution in [0.1, 0.15) is 65.7 Å². The van der Waals surface area contributed by atoms with Crippen LogP contribution in [0.5, 0.6) is 0 Å². The highest BCUT2D eigenvalue weighted by atomic mass is 19.3. The molecule has 1 atom stereocenters. The predicted octanol–water partition coefficient (Wildman–Crippen LogP) is 5.60. The number of carbonyl (C=O) groups is 1. The van der Waals surface area contributed by atoms with E-state index in [-0.39, 0.29) is 18.7 Å². The first kappa shape index (κ1) is 24.1. The van der Waals surface area contributed by atoms with Crippen molar-refractivity contribution in [2.24, 2.45) is 0 Å². The van der Waals surface area contributed by atoms with E-state index in [2.05, 4.69) is 10.4 Å². The van der Waals surface area contributed by atoms with Gasteiger partial charge in [0.05, 0.1) is 17.8 Å². The molecule has 2 aromatic carbocycles. The van der Waals surface area contributed by atoms with Gasteiger partial charge in [0.2, 0.25) is 5.92 Å². The second-order valence-corrected chi connectivity index (χ2v) is 9.34. The molecule has 1 aliphatic carbocycles. The van der Waals surface area contributed by atoms with Gasteiger partial charge in [-0.25, -0.2) is 8.78 Å². The molecule has 7 heteroatoms. The quantitative estimate of drug-likeness (QED) is 0.496. The summed E-state index contributed by atoms with van der Waals surface area (Å²) in [6.45, 7) is 6.46. The Morgan fingerprint density at radius 3 is 2.35 bits per heavy atom. The number of alkyl halides is 2. The van der Waals surface area contributed by atoms with Crippen LogP contribution in [0, 0.1) is 13.8 Å². The fourth-order valence-corrected chi connectivity index (χ4v) is 4.82. The molecular weight excluding hydrogens is 436 g/mol. The fourth-order valence-electron chi connectivity index (χ4n) is 4.82. The Kier molecular flexibility index (Phi) is 6.58. The van der Waals surface area contributed by atoms with Crippen molar-refractivity contribution in [3.8, 4) is 11.1 Å². The molecule has 0 aliphatic heterocycles. The summed E-state index contributed by atoms with van der Waals surface area (Å²) in [6, 6.07) is 12.3. The van der Waals surface area contributed by atoms with E-state index in [4.69, 9.17) is 0 Å². The molecule has 180 valence electrons. The fraction of sp³-hybridized carbons (Fsp3) is 0.407. The first-order valence-electron chi connectivity index (χ1n) is 11.7.